The van der Waals surface area contributed by atoms with E-state index in [-0.39, 0.29) is 11.1 Å². The Hall–Kier alpha value is -4.57. The molecule has 0 unspecified atom stereocenters. The highest BCUT2D eigenvalue weighted by Gasteiger charge is 2.57. The maximum absolute atomic E-state index is 14.1. The maximum Gasteiger partial charge on any atom is 0.402 e. The molecule has 6 aromatic rings. The Morgan fingerprint density at radius 1 is 0.400 bits per heavy atom. The van der Waals surface area contributed by atoms with Crippen molar-refractivity contribution in [1.82, 2.24) is 0 Å². The summed E-state index contributed by atoms with van der Waals surface area (Å²) in [7, 11) is 0. The van der Waals surface area contributed by atoms with Crippen LogP contribution >= 0.6 is 0 Å². The molecule has 1 aliphatic rings. The summed E-state index contributed by atoms with van der Waals surface area (Å²) in [5, 5.41) is 5.37. The molecule has 0 spiro atoms. The van der Waals surface area contributed by atoms with Gasteiger partial charge in [-0.15, -0.1) is 0 Å². The lowest BCUT2D eigenvalue weighted by atomic mass is 9.72. The van der Waals surface area contributed by atoms with Crippen LogP contribution in [-0.4, -0.2) is 6.18 Å². The van der Waals surface area contributed by atoms with Crippen LogP contribution < -0.4 is 4.74 Å². The van der Waals surface area contributed by atoms with Crippen LogP contribution in [0, 0.1) is 55.4 Å². The smallest absolute Gasteiger partial charge is 0.402 e. The molecule has 0 atom stereocenters. The summed E-state index contributed by atoms with van der Waals surface area (Å²) in [6, 6.07) is 25.2. The van der Waals surface area contributed by atoms with Crippen LogP contribution in [0.15, 0.2) is 72.8 Å². The summed E-state index contributed by atoms with van der Waals surface area (Å²) in [5.74, 6) is 0.590. The van der Waals surface area contributed by atoms with Crippen LogP contribution in [0.4, 0.5) is 13.2 Å². The zero-order chi connectivity index (χ0) is 40.6. The first-order chi connectivity index (χ1) is 25.9. The molecule has 4 heteroatoms. The van der Waals surface area contributed by atoms with Crippen LogP contribution in [-0.2, 0) is 31.1 Å². The van der Waals surface area contributed by atoms with Gasteiger partial charge in [0.1, 0.15) is 16.9 Å². The third kappa shape index (κ3) is 8.20. The number of hydrogen-bond acceptors (Lipinski definition) is 1. The number of aryl methyl sites for hydroxylation is 12. The molecule has 0 fully saturated rings. The van der Waals surface area contributed by atoms with Crippen molar-refractivity contribution in [2.45, 2.75) is 127 Å². The van der Waals surface area contributed by atoms with E-state index in [1.807, 2.05) is 27.7 Å². The molecule has 0 radical (unpaired) electrons. The summed E-state index contributed by atoms with van der Waals surface area (Å²) in [4.78, 5) is 0. The molecule has 0 bridgehead atoms. The molecule has 1 heterocycles. The molecule has 0 amide bonds. The number of hydrogen-bond donors (Lipinski definition) is 0. The minimum absolute atomic E-state index is 0.184. The van der Waals surface area contributed by atoms with Crippen LogP contribution in [0.2, 0.25) is 0 Å². The maximum atomic E-state index is 14.1. The van der Waals surface area contributed by atoms with E-state index in [9.17, 15) is 13.2 Å². The zero-order valence-electron chi connectivity index (χ0n) is 35.3. The van der Waals surface area contributed by atoms with E-state index in [0.717, 1.165) is 22.3 Å². The van der Waals surface area contributed by atoms with E-state index in [1.165, 1.54) is 76.4 Å². The van der Waals surface area contributed by atoms with Crippen molar-refractivity contribution in [1.29, 1.82) is 0 Å². The van der Waals surface area contributed by atoms with Gasteiger partial charge in [0.15, 0.2) is 0 Å². The number of ether oxygens (including phenoxy) is 1. The molecule has 0 aliphatic carbocycles. The lowest BCUT2D eigenvalue weighted by Gasteiger charge is -2.39. The van der Waals surface area contributed by atoms with Gasteiger partial charge in [0.2, 0.25) is 0 Å². The molecule has 7 rings (SSSR count). The molecule has 290 valence electrons. The van der Waals surface area contributed by atoms with Crippen molar-refractivity contribution in [2.24, 2.45) is 0 Å². The largest absolute Gasteiger partial charge is 0.457 e. The minimum atomic E-state index is -4.41. The molecule has 0 N–H and O–H groups in total. The Balaban J connectivity index is 0.000000164. The molecule has 1 nitrogen and oxygen atoms in total. The lowest BCUT2D eigenvalue weighted by molar-refractivity contribution is -0.174. The number of fused-ring (bicyclic) bond motifs is 4. The molecule has 0 saturated heterocycles. The summed E-state index contributed by atoms with van der Waals surface area (Å²) >= 11 is 0. The molecule has 0 saturated carbocycles. The monoisotopic (exact) mass is 744 g/mol. The highest BCUT2D eigenvalue weighted by Crippen LogP contribution is 2.56. The normalized spacial score (nSPS) is 12.9. The third-order valence-corrected chi connectivity index (χ3v) is 12.1. The molecule has 55 heavy (non-hydrogen) atoms. The van der Waals surface area contributed by atoms with Crippen molar-refractivity contribution < 1.29 is 17.9 Å². The van der Waals surface area contributed by atoms with Gasteiger partial charge in [0, 0.05) is 11.1 Å². The average molecular weight is 745 g/mol. The van der Waals surface area contributed by atoms with Crippen molar-refractivity contribution in [3.63, 3.8) is 0 Å². The van der Waals surface area contributed by atoms with Crippen LogP contribution in [0.3, 0.4) is 0 Å². The fourth-order valence-corrected chi connectivity index (χ4v) is 7.76. The van der Waals surface area contributed by atoms with Crippen molar-refractivity contribution in [3.8, 4) is 11.5 Å². The SMILES string of the molecule is CCc1cc(CC)c(CC)cc1CC.Cc1cc2c(cc1C)C(C)(C(F)(F)F)c1cc(C)c(C)cc1O2.Cc1cc2cc3cc(C)c(C)cc3cc2cc1C. The number of alkyl halides is 3. The van der Waals surface area contributed by atoms with E-state index in [4.69, 9.17) is 4.74 Å². The molecule has 6 aromatic carbocycles. The first-order valence-corrected chi connectivity index (χ1v) is 19.9. The van der Waals surface area contributed by atoms with Gasteiger partial charge in [-0.2, -0.15) is 13.2 Å². The van der Waals surface area contributed by atoms with Crippen LogP contribution in [0.25, 0.3) is 21.5 Å². The Morgan fingerprint density at radius 2 is 0.655 bits per heavy atom. The van der Waals surface area contributed by atoms with Gasteiger partial charge in [-0.05, 0) is 201 Å². The predicted octanol–water partition coefficient (Wildman–Crippen LogP) is 15.1. The number of rotatable bonds is 4. The minimum Gasteiger partial charge on any atom is -0.457 e. The molecular formula is C51H59F3O. The van der Waals surface area contributed by atoms with E-state index in [0.29, 0.717) is 11.5 Å². The molecular weight excluding hydrogens is 686 g/mol. The highest BCUT2D eigenvalue weighted by molar-refractivity contribution is 5.99. The zero-order valence-corrected chi connectivity index (χ0v) is 35.3. The number of benzene rings is 6. The first-order valence-electron chi connectivity index (χ1n) is 19.9. The van der Waals surface area contributed by atoms with E-state index < -0.39 is 11.6 Å². The van der Waals surface area contributed by atoms with Crippen molar-refractivity contribution >= 4 is 21.5 Å². The van der Waals surface area contributed by atoms with Gasteiger partial charge in [0.25, 0.3) is 0 Å². The van der Waals surface area contributed by atoms with E-state index >= 15 is 0 Å². The van der Waals surface area contributed by atoms with Crippen molar-refractivity contribution in [3.05, 3.63) is 151 Å². The Morgan fingerprint density at radius 3 is 0.909 bits per heavy atom. The predicted molar refractivity (Wildman–Crippen MR) is 229 cm³/mol. The second kappa shape index (κ2) is 16.3. The summed E-state index contributed by atoms with van der Waals surface area (Å²) < 4.78 is 48.1. The fourth-order valence-electron chi connectivity index (χ4n) is 7.76. The summed E-state index contributed by atoms with van der Waals surface area (Å²) in [5.41, 5.74) is 13.4. The van der Waals surface area contributed by atoms with Crippen molar-refractivity contribution in [2.75, 3.05) is 0 Å². The van der Waals surface area contributed by atoms with E-state index in [2.05, 4.69) is 104 Å². The second-order valence-corrected chi connectivity index (χ2v) is 15.8. The van der Waals surface area contributed by atoms with Gasteiger partial charge < -0.3 is 4.74 Å². The molecule has 0 aromatic heterocycles. The standard InChI is InChI=1S/C19H19F3O.C18H18.C14H22/c1-10-6-14-16(8-12(10)3)23-17-9-13(4)11(2)7-15(17)18(14,5)19(20,21)22;1-11-5-15-9-17-7-13(3)14(4)8-18(17)10-16(15)6-12(11)2;1-5-11-9-13(7-3)14(8-4)10-12(11)6-2/h6-9H,1-5H3;5-10H,1-4H3;9-10H,5-8H2,1-4H3. The van der Waals surface area contributed by atoms with Gasteiger partial charge in [-0.3, -0.25) is 0 Å². The Bertz CT molecular complexity index is 2130. The van der Waals surface area contributed by atoms with Crippen LogP contribution in [0.1, 0.15) is 113 Å². The Kier molecular flexibility index (Phi) is 12.3. The van der Waals surface area contributed by atoms with Gasteiger partial charge in [0.05, 0.1) is 0 Å². The Labute approximate surface area is 328 Å². The fraction of sp³-hybridized carbons (Fsp3) is 0.373. The number of halogens is 3. The third-order valence-electron chi connectivity index (χ3n) is 12.1. The topological polar surface area (TPSA) is 9.23 Å². The summed E-state index contributed by atoms with van der Waals surface area (Å²) in [6.07, 6.45) is 0.254. The lowest BCUT2D eigenvalue weighted by Crippen LogP contribution is -2.42. The van der Waals surface area contributed by atoms with E-state index in [1.54, 1.807) is 46.5 Å². The van der Waals surface area contributed by atoms with Crippen LogP contribution in [0.5, 0.6) is 11.5 Å². The average Bonchev–Trinajstić information content (AvgIpc) is 3.13. The first kappa shape index (κ1) is 41.6. The second-order valence-electron chi connectivity index (χ2n) is 15.8. The quantitative estimate of drug-likeness (QED) is 0.163. The van der Waals surface area contributed by atoms with Gasteiger partial charge in [-0.1, -0.05) is 76.2 Å². The van der Waals surface area contributed by atoms with Gasteiger partial charge in [-0.25, -0.2) is 0 Å². The van der Waals surface area contributed by atoms with Gasteiger partial charge >= 0.3 is 6.18 Å². The summed E-state index contributed by atoms with van der Waals surface area (Å²) in [6.45, 7) is 26.4. The highest BCUT2D eigenvalue weighted by atomic mass is 19.4. The molecule has 1 aliphatic heterocycles.